The second-order valence-electron chi connectivity index (χ2n) is 11.7. The molecule has 0 aliphatic rings. The molecule has 216 valence electrons. The Hall–Kier alpha value is -6.12. The molecule has 0 N–H and O–H groups in total. The number of rotatable bonds is 5. The van der Waals surface area contributed by atoms with Gasteiger partial charge in [-0.15, -0.1) is 0 Å². The van der Waals surface area contributed by atoms with Crippen LogP contribution in [-0.2, 0) is 0 Å². The third-order valence-corrected chi connectivity index (χ3v) is 9.05. The third kappa shape index (κ3) is 4.35. The maximum absolute atomic E-state index is 6.33. The van der Waals surface area contributed by atoms with Gasteiger partial charge < -0.3 is 9.32 Å². The van der Waals surface area contributed by atoms with Gasteiger partial charge in [0, 0.05) is 16.5 Å². The van der Waals surface area contributed by atoms with E-state index in [-0.39, 0.29) is 0 Å². The first kappa shape index (κ1) is 26.3. The molecule has 0 radical (unpaired) electrons. The number of benzene rings is 8. The van der Waals surface area contributed by atoms with E-state index in [9.17, 15) is 0 Å². The van der Waals surface area contributed by atoms with Crippen molar-refractivity contribution in [3.8, 4) is 22.3 Å². The van der Waals surface area contributed by atoms with E-state index in [1.165, 1.54) is 43.8 Å². The van der Waals surface area contributed by atoms with E-state index in [0.29, 0.717) is 0 Å². The lowest BCUT2D eigenvalue weighted by atomic mass is 9.95. The average Bonchev–Trinajstić information content (AvgIpc) is 3.51. The SMILES string of the molecule is c1cc(-c2ccc(N(c3cccc4ccccc34)c3cccc4oc5ccccc5c34)cc2)cc(-c2cccc3ccccc23)c1. The molecular weight excluding hydrogens is 558 g/mol. The van der Waals surface area contributed by atoms with Gasteiger partial charge in [0.1, 0.15) is 11.2 Å². The summed E-state index contributed by atoms with van der Waals surface area (Å²) >= 11 is 0. The van der Waals surface area contributed by atoms with Crippen molar-refractivity contribution in [1.29, 1.82) is 0 Å². The first-order valence-electron chi connectivity index (χ1n) is 15.7. The highest BCUT2D eigenvalue weighted by atomic mass is 16.3. The molecule has 0 amide bonds. The Morgan fingerprint density at radius 1 is 0.370 bits per heavy atom. The van der Waals surface area contributed by atoms with E-state index in [1.54, 1.807) is 0 Å². The molecule has 0 fully saturated rings. The zero-order chi connectivity index (χ0) is 30.5. The van der Waals surface area contributed by atoms with Crippen LogP contribution in [0.3, 0.4) is 0 Å². The van der Waals surface area contributed by atoms with Crippen LogP contribution in [0, 0.1) is 0 Å². The Bertz CT molecular complexity index is 2530. The summed E-state index contributed by atoms with van der Waals surface area (Å²) in [7, 11) is 0. The first-order chi connectivity index (χ1) is 22.8. The summed E-state index contributed by atoms with van der Waals surface area (Å²) in [5, 5.41) is 7.14. The maximum atomic E-state index is 6.33. The summed E-state index contributed by atoms with van der Waals surface area (Å²) in [6.45, 7) is 0. The average molecular weight is 588 g/mol. The van der Waals surface area contributed by atoms with Crippen LogP contribution in [0.5, 0.6) is 0 Å². The molecule has 0 unspecified atom stereocenters. The number of anilines is 3. The van der Waals surface area contributed by atoms with Gasteiger partial charge in [-0.2, -0.15) is 0 Å². The van der Waals surface area contributed by atoms with Crippen LogP contribution >= 0.6 is 0 Å². The molecule has 9 aromatic rings. The van der Waals surface area contributed by atoms with Crippen LogP contribution in [0.15, 0.2) is 180 Å². The fourth-order valence-electron chi connectivity index (χ4n) is 6.90. The number of furan rings is 1. The number of hydrogen-bond donors (Lipinski definition) is 0. The Morgan fingerprint density at radius 2 is 0.957 bits per heavy atom. The van der Waals surface area contributed by atoms with Gasteiger partial charge in [-0.25, -0.2) is 0 Å². The van der Waals surface area contributed by atoms with E-state index < -0.39 is 0 Å². The molecule has 1 heterocycles. The van der Waals surface area contributed by atoms with E-state index in [2.05, 4.69) is 169 Å². The zero-order valence-electron chi connectivity index (χ0n) is 25.1. The molecule has 0 aliphatic heterocycles. The number of fused-ring (bicyclic) bond motifs is 5. The molecule has 0 spiro atoms. The van der Waals surface area contributed by atoms with Gasteiger partial charge in [0.15, 0.2) is 0 Å². The summed E-state index contributed by atoms with van der Waals surface area (Å²) in [6, 6.07) is 62.7. The van der Waals surface area contributed by atoms with Crippen molar-refractivity contribution in [2.24, 2.45) is 0 Å². The molecule has 0 saturated heterocycles. The fourth-order valence-corrected chi connectivity index (χ4v) is 6.90. The molecule has 8 aromatic carbocycles. The summed E-state index contributed by atoms with van der Waals surface area (Å²) in [6.07, 6.45) is 0. The van der Waals surface area contributed by atoms with Crippen LogP contribution in [0.2, 0.25) is 0 Å². The molecule has 0 atom stereocenters. The monoisotopic (exact) mass is 587 g/mol. The molecule has 2 nitrogen and oxygen atoms in total. The fraction of sp³-hybridized carbons (Fsp3) is 0. The Morgan fingerprint density at radius 3 is 1.80 bits per heavy atom. The summed E-state index contributed by atoms with van der Waals surface area (Å²) in [4.78, 5) is 2.38. The molecule has 9 rings (SSSR count). The van der Waals surface area contributed by atoms with Gasteiger partial charge in [-0.3, -0.25) is 0 Å². The lowest BCUT2D eigenvalue weighted by Gasteiger charge is -2.27. The van der Waals surface area contributed by atoms with Crippen LogP contribution in [-0.4, -0.2) is 0 Å². The number of hydrogen-bond acceptors (Lipinski definition) is 2. The summed E-state index contributed by atoms with van der Waals surface area (Å²) in [5.41, 5.74) is 9.91. The minimum absolute atomic E-state index is 0.880. The number of nitrogens with zero attached hydrogens (tertiary/aromatic N) is 1. The molecule has 0 saturated carbocycles. The normalized spacial score (nSPS) is 11.5. The molecule has 2 heteroatoms. The molecule has 0 aliphatic carbocycles. The Balaban J connectivity index is 1.20. The van der Waals surface area contributed by atoms with Gasteiger partial charge in [0.25, 0.3) is 0 Å². The first-order valence-corrected chi connectivity index (χ1v) is 15.7. The van der Waals surface area contributed by atoms with E-state index in [0.717, 1.165) is 39.0 Å². The van der Waals surface area contributed by atoms with Crippen LogP contribution in [0.25, 0.3) is 65.7 Å². The van der Waals surface area contributed by atoms with Gasteiger partial charge in [-0.05, 0) is 80.9 Å². The lowest BCUT2D eigenvalue weighted by molar-refractivity contribution is 0.669. The van der Waals surface area contributed by atoms with Crippen molar-refractivity contribution in [2.45, 2.75) is 0 Å². The van der Waals surface area contributed by atoms with E-state index in [1.807, 2.05) is 12.1 Å². The highest BCUT2D eigenvalue weighted by Gasteiger charge is 2.20. The minimum atomic E-state index is 0.880. The Labute approximate surface area is 267 Å². The Kier molecular flexibility index (Phi) is 6.17. The minimum Gasteiger partial charge on any atom is -0.456 e. The maximum Gasteiger partial charge on any atom is 0.137 e. The molecular formula is C44H29NO. The zero-order valence-corrected chi connectivity index (χ0v) is 25.1. The molecule has 0 bridgehead atoms. The molecule has 1 aromatic heterocycles. The van der Waals surface area contributed by atoms with Crippen LogP contribution in [0.1, 0.15) is 0 Å². The van der Waals surface area contributed by atoms with Crippen molar-refractivity contribution in [2.75, 3.05) is 4.90 Å². The second kappa shape index (κ2) is 10.8. The van der Waals surface area contributed by atoms with Gasteiger partial charge in [-0.1, -0.05) is 133 Å². The smallest absolute Gasteiger partial charge is 0.137 e. The van der Waals surface area contributed by atoms with Gasteiger partial charge in [0.2, 0.25) is 0 Å². The van der Waals surface area contributed by atoms with Crippen molar-refractivity contribution in [3.05, 3.63) is 176 Å². The summed E-state index contributed by atoms with van der Waals surface area (Å²) < 4.78 is 6.33. The van der Waals surface area contributed by atoms with Crippen molar-refractivity contribution in [3.63, 3.8) is 0 Å². The molecule has 46 heavy (non-hydrogen) atoms. The topological polar surface area (TPSA) is 16.4 Å². The highest BCUT2D eigenvalue weighted by molar-refractivity contribution is 6.14. The lowest BCUT2D eigenvalue weighted by Crippen LogP contribution is -2.10. The van der Waals surface area contributed by atoms with Crippen LogP contribution < -0.4 is 4.90 Å². The standard InChI is InChI=1S/C44H29NO/c1-3-17-36-31(11-1)13-8-20-37(36)34-16-7-15-33(29-34)30-25-27-35(28-26-30)45(40-21-9-14-32-12-2-4-18-38(32)40)41-22-10-24-43-44(41)39-19-5-6-23-42(39)46-43/h1-29H. The second-order valence-corrected chi connectivity index (χ2v) is 11.7. The largest absolute Gasteiger partial charge is 0.456 e. The quantitative estimate of drug-likeness (QED) is 0.199. The third-order valence-electron chi connectivity index (χ3n) is 9.05. The van der Waals surface area contributed by atoms with Crippen molar-refractivity contribution >= 4 is 60.5 Å². The van der Waals surface area contributed by atoms with Crippen LogP contribution in [0.4, 0.5) is 17.1 Å². The highest BCUT2D eigenvalue weighted by Crippen LogP contribution is 2.45. The van der Waals surface area contributed by atoms with E-state index in [4.69, 9.17) is 4.42 Å². The number of para-hydroxylation sites is 1. The predicted octanol–water partition coefficient (Wildman–Crippen LogP) is 12.7. The summed E-state index contributed by atoms with van der Waals surface area (Å²) in [5.74, 6) is 0. The van der Waals surface area contributed by atoms with E-state index >= 15 is 0 Å². The van der Waals surface area contributed by atoms with Crippen molar-refractivity contribution in [1.82, 2.24) is 0 Å². The van der Waals surface area contributed by atoms with Gasteiger partial charge in [0.05, 0.1) is 16.8 Å². The van der Waals surface area contributed by atoms with Crippen molar-refractivity contribution < 1.29 is 4.42 Å². The van der Waals surface area contributed by atoms with Gasteiger partial charge >= 0.3 is 0 Å². The predicted molar refractivity (Wildman–Crippen MR) is 194 cm³/mol.